The monoisotopic (exact) mass is 341 g/mol. The quantitative estimate of drug-likeness (QED) is 0.863. The summed E-state index contributed by atoms with van der Waals surface area (Å²) in [5.41, 5.74) is 0. The second kappa shape index (κ2) is 6.54. The van der Waals surface area contributed by atoms with Crippen LogP contribution in [-0.4, -0.2) is 48.6 Å². The van der Waals surface area contributed by atoms with Gasteiger partial charge in [0.25, 0.3) is 0 Å². The van der Waals surface area contributed by atoms with Crippen LogP contribution in [0.3, 0.4) is 0 Å². The Hall–Kier alpha value is -1.15. The molecule has 5 nitrogen and oxygen atoms in total. The van der Waals surface area contributed by atoms with Crippen LogP contribution < -0.4 is 0 Å². The lowest BCUT2D eigenvalue weighted by molar-refractivity contribution is 0.0746. The van der Waals surface area contributed by atoms with Gasteiger partial charge in [-0.1, -0.05) is 6.07 Å². The molecule has 3 heterocycles. The summed E-state index contributed by atoms with van der Waals surface area (Å²) < 4.78 is 28.9. The average molecular weight is 341 g/mol. The highest BCUT2D eigenvalue weighted by Gasteiger charge is 2.40. The fraction of sp³-hybridized carbons (Fsp3) is 0.467. The van der Waals surface area contributed by atoms with E-state index in [1.807, 2.05) is 28.5 Å². The van der Waals surface area contributed by atoms with E-state index >= 15 is 0 Å². The normalized spacial score (nSPS) is 24.1. The Kier molecular flexibility index (Phi) is 4.67. The summed E-state index contributed by atoms with van der Waals surface area (Å²) in [5.74, 6) is 0.646. The summed E-state index contributed by atoms with van der Waals surface area (Å²) in [6.07, 6.45) is 1.61. The van der Waals surface area contributed by atoms with Crippen molar-refractivity contribution in [2.45, 2.75) is 25.1 Å². The molecule has 2 aromatic rings. The average Bonchev–Trinajstić information content (AvgIpc) is 3.16. The number of nitrogens with zero attached hydrogens (tertiary/aromatic N) is 1. The summed E-state index contributed by atoms with van der Waals surface area (Å²) in [7, 11) is -3.16. The molecule has 1 aliphatic heterocycles. The standard InChI is InChI=1S/C15H19NO4S2/c17-15-11-22(18,19)10-14(15)16(9-12-3-1-7-20-12)6-5-13-4-2-8-21-13/h1-4,7-8,14-15,17H,5-6,9-11H2. The van der Waals surface area contributed by atoms with Crippen molar-refractivity contribution in [3.63, 3.8) is 0 Å². The van der Waals surface area contributed by atoms with Crippen molar-refractivity contribution in [1.29, 1.82) is 0 Å². The smallest absolute Gasteiger partial charge is 0.154 e. The van der Waals surface area contributed by atoms with Crippen molar-refractivity contribution in [3.05, 3.63) is 46.5 Å². The van der Waals surface area contributed by atoms with Gasteiger partial charge in [0.15, 0.2) is 9.84 Å². The lowest BCUT2D eigenvalue weighted by Gasteiger charge is -2.29. The summed E-state index contributed by atoms with van der Waals surface area (Å²) in [4.78, 5) is 3.27. The first-order valence-corrected chi connectivity index (χ1v) is 9.91. The fourth-order valence-electron chi connectivity index (χ4n) is 2.83. The molecule has 1 aliphatic rings. The van der Waals surface area contributed by atoms with Gasteiger partial charge in [-0.05, 0) is 30.0 Å². The molecule has 1 N–H and O–H groups in total. The maximum Gasteiger partial charge on any atom is 0.154 e. The minimum atomic E-state index is -3.16. The molecule has 1 saturated heterocycles. The number of furan rings is 1. The van der Waals surface area contributed by atoms with Gasteiger partial charge in [0, 0.05) is 11.4 Å². The molecule has 0 bridgehead atoms. The zero-order valence-electron chi connectivity index (χ0n) is 12.1. The zero-order chi connectivity index (χ0) is 15.6. The third-order valence-corrected chi connectivity index (χ3v) is 6.56. The van der Waals surface area contributed by atoms with Crippen molar-refractivity contribution in [2.75, 3.05) is 18.1 Å². The minimum Gasteiger partial charge on any atom is -0.468 e. The Labute approximate surface area is 134 Å². The molecule has 120 valence electrons. The number of aliphatic hydroxyl groups excluding tert-OH is 1. The first-order chi connectivity index (χ1) is 10.5. The summed E-state index contributed by atoms with van der Waals surface area (Å²) in [6, 6.07) is 7.39. The Morgan fingerprint density at radius 3 is 2.77 bits per heavy atom. The number of rotatable bonds is 6. The fourth-order valence-corrected chi connectivity index (χ4v) is 5.36. The molecule has 0 amide bonds. The van der Waals surface area contributed by atoms with E-state index in [1.165, 1.54) is 4.88 Å². The van der Waals surface area contributed by atoms with Crippen LogP contribution in [0.25, 0.3) is 0 Å². The van der Waals surface area contributed by atoms with E-state index in [9.17, 15) is 13.5 Å². The Morgan fingerprint density at radius 2 is 2.18 bits per heavy atom. The predicted molar refractivity (Wildman–Crippen MR) is 85.6 cm³/mol. The van der Waals surface area contributed by atoms with Gasteiger partial charge in [-0.15, -0.1) is 11.3 Å². The summed E-state index contributed by atoms with van der Waals surface area (Å²) >= 11 is 1.69. The molecular formula is C15H19NO4S2. The van der Waals surface area contributed by atoms with Gasteiger partial charge in [-0.3, -0.25) is 4.90 Å². The van der Waals surface area contributed by atoms with Crippen molar-refractivity contribution in [1.82, 2.24) is 4.90 Å². The maximum absolute atomic E-state index is 11.8. The van der Waals surface area contributed by atoms with Crippen LogP contribution in [0, 0.1) is 0 Å². The van der Waals surface area contributed by atoms with E-state index in [0.29, 0.717) is 13.1 Å². The SMILES string of the molecule is O=S1(=O)CC(O)C(N(CCc2cccs2)Cc2ccco2)C1. The molecule has 2 atom stereocenters. The number of aliphatic hydroxyl groups is 1. The van der Waals surface area contributed by atoms with Crippen LogP contribution in [0.2, 0.25) is 0 Å². The van der Waals surface area contributed by atoms with Crippen LogP contribution in [0.5, 0.6) is 0 Å². The highest BCUT2D eigenvalue weighted by atomic mass is 32.2. The van der Waals surface area contributed by atoms with E-state index < -0.39 is 15.9 Å². The van der Waals surface area contributed by atoms with Gasteiger partial charge in [-0.2, -0.15) is 0 Å². The van der Waals surface area contributed by atoms with E-state index in [4.69, 9.17) is 4.42 Å². The van der Waals surface area contributed by atoms with Crippen molar-refractivity contribution >= 4 is 21.2 Å². The number of sulfone groups is 1. The first-order valence-electron chi connectivity index (χ1n) is 7.21. The van der Waals surface area contributed by atoms with Gasteiger partial charge in [0.2, 0.25) is 0 Å². The summed E-state index contributed by atoms with van der Waals surface area (Å²) in [5, 5.41) is 12.2. The molecule has 2 aromatic heterocycles. The van der Waals surface area contributed by atoms with E-state index in [-0.39, 0.29) is 17.5 Å². The van der Waals surface area contributed by atoms with Crippen LogP contribution in [0.15, 0.2) is 40.3 Å². The van der Waals surface area contributed by atoms with E-state index in [0.717, 1.165) is 12.2 Å². The minimum absolute atomic E-state index is 0.0132. The third kappa shape index (κ3) is 3.78. The van der Waals surface area contributed by atoms with Gasteiger partial charge in [-0.25, -0.2) is 8.42 Å². The molecule has 0 spiro atoms. The Bertz CT molecular complexity index is 679. The van der Waals surface area contributed by atoms with Gasteiger partial charge >= 0.3 is 0 Å². The van der Waals surface area contributed by atoms with Crippen molar-refractivity contribution in [2.24, 2.45) is 0 Å². The van der Waals surface area contributed by atoms with Crippen molar-refractivity contribution in [3.8, 4) is 0 Å². The molecule has 3 rings (SSSR count). The lowest BCUT2D eigenvalue weighted by Crippen LogP contribution is -2.43. The van der Waals surface area contributed by atoms with Crippen LogP contribution in [0.1, 0.15) is 10.6 Å². The number of hydrogen-bond donors (Lipinski definition) is 1. The summed E-state index contributed by atoms with van der Waals surface area (Å²) in [6.45, 7) is 1.20. The first kappa shape index (κ1) is 15.7. The molecule has 0 radical (unpaired) electrons. The molecule has 2 unspecified atom stereocenters. The highest BCUT2D eigenvalue weighted by molar-refractivity contribution is 7.91. The van der Waals surface area contributed by atoms with Gasteiger partial charge in [0.05, 0.1) is 36.5 Å². The molecule has 0 saturated carbocycles. The molecule has 22 heavy (non-hydrogen) atoms. The van der Waals surface area contributed by atoms with Crippen molar-refractivity contribution < 1.29 is 17.9 Å². The molecular weight excluding hydrogens is 322 g/mol. The molecule has 7 heteroatoms. The second-order valence-electron chi connectivity index (χ2n) is 5.59. The van der Waals surface area contributed by atoms with Gasteiger partial charge < -0.3 is 9.52 Å². The van der Waals surface area contributed by atoms with E-state index in [2.05, 4.69) is 6.07 Å². The van der Waals surface area contributed by atoms with Crippen LogP contribution in [-0.2, 0) is 22.8 Å². The van der Waals surface area contributed by atoms with Gasteiger partial charge in [0.1, 0.15) is 5.76 Å². The Balaban J connectivity index is 1.73. The Morgan fingerprint density at radius 1 is 1.32 bits per heavy atom. The third-order valence-electron chi connectivity index (χ3n) is 3.93. The number of hydrogen-bond acceptors (Lipinski definition) is 6. The molecule has 1 fully saturated rings. The molecule has 0 aromatic carbocycles. The lowest BCUT2D eigenvalue weighted by atomic mass is 10.1. The topological polar surface area (TPSA) is 70.8 Å². The number of thiophene rings is 1. The zero-order valence-corrected chi connectivity index (χ0v) is 13.7. The maximum atomic E-state index is 11.8. The predicted octanol–water partition coefficient (Wildman–Crippen LogP) is 1.54. The van der Waals surface area contributed by atoms with E-state index in [1.54, 1.807) is 17.6 Å². The second-order valence-corrected chi connectivity index (χ2v) is 8.78. The highest BCUT2D eigenvalue weighted by Crippen LogP contribution is 2.22. The van der Waals surface area contributed by atoms with Crippen LogP contribution >= 0.6 is 11.3 Å². The van der Waals surface area contributed by atoms with Crippen LogP contribution in [0.4, 0.5) is 0 Å². The molecule has 0 aliphatic carbocycles. The largest absolute Gasteiger partial charge is 0.468 e.